The summed E-state index contributed by atoms with van der Waals surface area (Å²) in [5.74, 6) is 0.300. The topological polar surface area (TPSA) is 52.7 Å². The second-order valence-electron chi connectivity index (χ2n) is 5.61. The Morgan fingerprint density at radius 1 is 1.29 bits per heavy atom. The van der Waals surface area contributed by atoms with Gasteiger partial charge in [-0.05, 0) is 11.4 Å². The van der Waals surface area contributed by atoms with E-state index in [1.807, 2.05) is 36.3 Å². The van der Waals surface area contributed by atoms with Crippen molar-refractivity contribution < 1.29 is 9.59 Å². The molecule has 2 heterocycles. The van der Waals surface area contributed by atoms with Crippen molar-refractivity contribution in [3.8, 4) is 0 Å². The van der Waals surface area contributed by atoms with E-state index in [9.17, 15) is 9.59 Å². The smallest absolute Gasteiger partial charge is 0.234 e. The second kappa shape index (κ2) is 7.56. The molecule has 0 bridgehead atoms. The molecule has 21 heavy (non-hydrogen) atoms. The minimum atomic E-state index is 0.0469. The summed E-state index contributed by atoms with van der Waals surface area (Å²) in [6.45, 7) is 7.83. The van der Waals surface area contributed by atoms with E-state index in [2.05, 4.69) is 10.2 Å². The van der Waals surface area contributed by atoms with Gasteiger partial charge in [-0.2, -0.15) is 0 Å². The number of carbonyl (C=O) groups excluding carboxylic acids is 2. The van der Waals surface area contributed by atoms with Gasteiger partial charge in [-0.1, -0.05) is 19.9 Å². The Morgan fingerprint density at radius 2 is 2.00 bits per heavy atom. The lowest BCUT2D eigenvalue weighted by Gasteiger charge is -2.35. The maximum Gasteiger partial charge on any atom is 0.234 e. The minimum Gasteiger partial charge on any atom is -0.350 e. The van der Waals surface area contributed by atoms with Gasteiger partial charge in [-0.3, -0.25) is 14.5 Å². The van der Waals surface area contributed by atoms with E-state index in [0.717, 1.165) is 31.1 Å². The SMILES string of the molecule is CC(C)C(=O)N1CCN(CC(=O)NCc2cccs2)CC1. The maximum atomic E-state index is 11.9. The van der Waals surface area contributed by atoms with Crippen LogP contribution < -0.4 is 5.32 Å². The quantitative estimate of drug-likeness (QED) is 0.888. The van der Waals surface area contributed by atoms with Crippen LogP contribution in [-0.2, 0) is 16.1 Å². The highest BCUT2D eigenvalue weighted by atomic mass is 32.1. The van der Waals surface area contributed by atoms with Crippen molar-refractivity contribution in [1.82, 2.24) is 15.1 Å². The first-order valence-electron chi connectivity index (χ1n) is 7.36. The molecule has 6 heteroatoms. The molecule has 1 N–H and O–H groups in total. The van der Waals surface area contributed by atoms with Gasteiger partial charge in [0, 0.05) is 37.0 Å². The highest BCUT2D eigenvalue weighted by Gasteiger charge is 2.23. The van der Waals surface area contributed by atoms with Crippen molar-refractivity contribution in [2.75, 3.05) is 32.7 Å². The Hall–Kier alpha value is -1.40. The predicted octanol–water partition coefficient (Wildman–Crippen LogP) is 1.16. The van der Waals surface area contributed by atoms with Gasteiger partial charge in [0.15, 0.2) is 0 Å². The van der Waals surface area contributed by atoms with Crippen LogP contribution >= 0.6 is 11.3 Å². The first-order chi connectivity index (χ1) is 10.1. The van der Waals surface area contributed by atoms with Crippen molar-refractivity contribution >= 4 is 23.2 Å². The highest BCUT2D eigenvalue weighted by molar-refractivity contribution is 7.09. The first-order valence-corrected chi connectivity index (χ1v) is 8.24. The summed E-state index contributed by atoms with van der Waals surface area (Å²) in [4.78, 5) is 29.0. The second-order valence-corrected chi connectivity index (χ2v) is 6.64. The van der Waals surface area contributed by atoms with Gasteiger partial charge >= 0.3 is 0 Å². The van der Waals surface area contributed by atoms with Gasteiger partial charge in [0.1, 0.15) is 0 Å². The Kier molecular flexibility index (Phi) is 5.76. The van der Waals surface area contributed by atoms with Crippen LogP contribution in [-0.4, -0.2) is 54.3 Å². The summed E-state index contributed by atoms with van der Waals surface area (Å²) < 4.78 is 0. The molecule has 1 fully saturated rings. The average Bonchev–Trinajstić information content (AvgIpc) is 2.98. The number of hydrogen-bond acceptors (Lipinski definition) is 4. The first kappa shape index (κ1) is 16.0. The summed E-state index contributed by atoms with van der Waals surface area (Å²) in [5.41, 5.74) is 0. The molecule has 1 aromatic heterocycles. The van der Waals surface area contributed by atoms with Crippen LogP contribution in [0, 0.1) is 5.92 Å². The molecule has 0 aliphatic carbocycles. The summed E-state index contributed by atoms with van der Waals surface area (Å²) >= 11 is 1.64. The third-order valence-electron chi connectivity index (χ3n) is 3.58. The number of amides is 2. The molecule has 1 saturated heterocycles. The summed E-state index contributed by atoms with van der Waals surface area (Å²) in [5, 5.41) is 4.94. The number of carbonyl (C=O) groups is 2. The Bertz CT molecular complexity index is 465. The fraction of sp³-hybridized carbons (Fsp3) is 0.600. The van der Waals surface area contributed by atoms with E-state index in [-0.39, 0.29) is 17.7 Å². The number of nitrogens with one attached hydrogen (secondary N) is 1. The van der Waals surface area contributed by atoms with Crippen LogP contribution in [0.4, 0.5) is 0 Å². The highest BCUT2D eigenvalue weighted by Crippen LogP contribution is 2.08. The lowest BCUT2D eigenvalue weighted by atomic mass is 10.1. The number of rotatable bonds is 5. The normalized spacial score (nSPS) is 16.2. The molecule has 0 radical (unpaired) electrons. The lowest BCUT2D eigenvalue weighted by Crippen LogP contribution is -2.51. The summed E-state index contributed by atoms with van der Waals surface area (Å²) in [6.07, 6.45) is 0. The van der Waals surface area contributed by atoms with Gasteiger partial charge in [0.25, 0.3) is 0 Å². The van der Waals surface area contributed by atoms with Gasteiger partial charge < -0.3 is 10.2 Å². The molecule has 0 unspecified atom stereocenters. The monoisotopic (exact) mass is 309 g/mol. The number of nitrogens with zero attached hydrogens (tertiary/aromatic N) is 2. The van der Waals surface area contributed by atoms with Crippen molar-refractivity contribution in [3.05, 3.63) is 22.4 Å². The molecule has 1 aliphatic rings. The van der Waals surface area contributed by atoms with Crippen LogP contribution in [0.25, 0.3) is 0 Å². The van der Waals surface area contributed by atoms with Crippen LogP contribution in [0.5, 0.6) is 0 Å². The molecule has 5 nitrogen and oxygen atoms in total. The lowest BCUT2D eigenvalue weighted by molar-refractivity contribution is -0.136. The minimum absolute atomic E-state index is 0.0469. The molecular weight excluding hydrogens is 286 g/mol. The molecule has 2 amide bonds. The zero-order valence-electron chi connectivity index (χ0n) is 12.7. The third-order valence-corrected chi connectivity index (χ3v) is 4.46. The van der Waals surface area contributed by atoms with Crippen molar-refractivity contribution in [2.45, 2.75) is 20.4 Å². The van der Waals surface area contributed by atoms with E-state index in [1.54, 1.807) is 11.3 Å². The maximum absolute atomic E-state index is 11.9. The molecule has 0 spiro atoms. The van der Waals surface area contributed by atoms with Crippen molar-refractivity contribution in [3.63, 3.8) is 0 Å². The summed E-state index contributed by atoms with van der Waals surface area (Å²) in [7, 11) is 0. The molecule has 116 valence electrons. The van der Waals surface area contributed by atoms with Gasteiger partial charge in [-0.25, -0.2) is 0 Å². The van der Waals surface area contributed by atoms with Crippen molar-refractivity contribution in [2.24, 2.45) is 5.92 Å². The molecule has 0 saturated carbocycles. The largest absolute Gasteiger partial charge is 0.350 e. The Morgan fingerprint density at radius 3 is 2.57 bits per heavy atom. The van der Waals surface area contributed by atoms with E-state index in [1.165, 1.54) is 0 Å². The molecular formula is C15H23N3O2S. The van der Waals surface area contributed by atoms with E-state index in [4.69, 9.17) is 0 Å². The molecule has 2 rings (SSSR count). The average molecular weight is 309 g/mol. The van der Waals surface area contributed by atoms with Crippen LogP contribution in [0.15, 0.2) is 17.5 Å². The third kappa shape index (κ3) is 4.82. The number of thiophene rings is 1. The Balaban J connectivity index is 1.68. The van der Waals surface area contributed by atoms with E-state index < -0.39 is 0 Å². The van der Waals surface area contributed by atoms with E-state index >= 15 is 0 Å². The fourth-order valence-corrected chi connectivity index (χ4v) is 2.99. The predicted molar refractivity (Wildman–Crippen MR) is 84.0 cm³/mol. The molecule has 0 atom stereocenters. The molecule has 1 aliphatic heterocycles. The Labute approximate surface area is 129 Å². The van der Waals surface area contributed by atoms with Gasteiger partial charge in [0.05, 0.1) is 13.1 Å². The summed E-state index contributed by atoms with van der Waals surface area (Å²) in [6, 6.07) is 4.00. The number of hydrogen-bond donors (Lipinski definition) is 1. The zero-order valence-corrected chi connectivity index (χ0v) is 13.5. The molecule has 1 aromatic rings. The zero-order chi connectivity index (χ0) is 15.2. The van der Waals surface area contributed by atoms with Crippen LogP contribution in [0.2, 0.25) is 0 Å². The van der Waals surface area contributed by atoms with Crippen molar-refractivity contribution in [1.29, 1.82) is 0 Å². The van der Waals surface area contributed by atoms with Crippen LogP contribution in [0.3, 0.4) is 0 Å². The van der Waals surface area contributed by atoms with Crippen LogP contribution in [0.1, 0.15) is 18.7 Å². The van der Waals surface area contributed by atoms with Gasteiger partial charge in [0.2, 0.25) is 11.8 Å². The molecule has 0 aromatic carbocycles. The van der Waals surface area contributed by atoms with Gasteiger partial charge in [-0.15, -0.1) is 11.3 Å². The van der Waals surface area contributed by atoms with E-state index in [0.29, 0.717) is 13.1 Å². The fourth-order valence-electron chi connectivity index (χ4n) is 2.35. The standard InChI is InChI=1S/C15H23N3O2S/c1-12(2)15(20)18-7-5-17(6-8-18)11-14(19)16-10-13-4-3-9-21-13/h3-4,9,12H,5-8,10-11H2,1-2H3,(H,16,19). The number of piperazine rings is 1.